The Bertz CT molecular complexity index is 635. The molecule has 106 valence electrons. The van der Waals surface area contributed by atoms with Crippen LogP contribution in [0, 0.1) is 5.82 Å². The molecule has 0 bridgehead atoms. The highest BCUT2D eigenvalue weighted by atomic mass is 32.1. The molecule has 0 saturated heterocycles. The lowest BCUT2D eigenvalue weighted by Crippen LogP contribution is -2.28. The number of carbonyl (C=O) groups is 1. The maximum absolute atomic E-state index is 13.2. The lowest BCUT2D eigenvalue weighted by Gasteiger charge is -2.14. The summed E-state index contributed by atoms with van der Waals surface area (Å²) in [4.78, 5) is 21.6. The minimum absolute atomic E-state index is 0.0312. The molecule has 1 unspecified atom stereocenters. The molecule has 2 aromatic heterocycles. The maximum Gasteiger partial charge on any atom is 0.228 e. The number of hydrogen-bond donors (Lipinski definition) is 1. The highest BCUT2D eigenvalue weighted by Crippen LogP contribution is 2.30. The van der Waals surface area contributed by atoms with Crippen LogP contribution >= 0.6 is 33.2 Å². The Hall–Kier alpha value is -1.04. The van der Waals surface area contributed by atoms with Gasteiger partial charge in [0.15, 0.2) is 0 Å². The number of nitrogens with zero attached hydrogens (tertiary/aromatic N) is 3. The van der Waals surface area contributed by atoms with Crippen LogP contribution in [0.2, 0.25) is 0 Å². The zero-order valence-corrected chi connectivity index (χ0v) is 13.6. The molecule has 0 N–H and O–H groups in total. The Labute approximate surface area is 128 Å². The Balaban J connectivity index is 2.32. The van der Waals surface area contributed by atoms with E-state index in [4.69, 9.17) is 0 Å². The Morgan fingerprint density at radius 2 is 2.30 bits per heavy atom. The van der Waals surface area contributed by atoms with Gasteiger partial charge >= 0.3 is 0 Å². The first-order valence-corrected chi connectivity index (χ1v) is 7.80. The van der Waals surface area contributed by atoms with Crippen LogP contribution < -0.4 is 10.3 Å². The number of carbonyl (C=O) groups excluding carboxylic acids is 1. The van der Waals surface area contributed by atoms with E-state index in [9.17, 15) is 9.18 Å². The van der Waals surface area contributed by atoms with Crippen LogP contribution in [0.3, 0.4) is 0 Å². The average Bonchev–Trinajstić information content (AvgIpc) is 2.80. The SMILES string of the molecule is CN(C(=O)CCS)c1sc(-c2cncc(F)c2)nc1P. The highest BCUT2D eigenvalue weighted by molar-refractivity contribution is 7.80. The van der Waals surface area contributed by atoms with Crippen molar-refractivity contribution in [1.82, 2.24) is 9.97 Å². The zero-order valence-electron chi connectivity index (χ0n) is 10.7. The second-order valence-electron chi connectivity index (χ2n) is 4.03. The molecular weight excluding hydrogens is 316 g/mol. The third kappa shape index (κ3) is 3.34. The van der Waals surface area contributed by atoms with Crippen LogP contribution in [0.5, 0.6) is 0 Å². The Morgan fingerprint density at radius 3 is 2.95 bits per heavy atom. The van der Waals surface area contributed by atoms with Crippen molar-refractivity contribution in [3.8, 4) is 10.6 Å². The summed E-state index contributed by atoms with van der Waals surface area (Å²) in [7, 11) is 4.19. The molecule has 8 heteroatoms. The molecule has 0 fully saturated rings. The lowest BCUT2D eigenvalue weighted by molar-refractivity contribution is -0.117. The largest absolute Gasteiger partial charge is 0.305 e. The van der Waals surface area contributed by atoms with E-state index in [1.165, 1.54) is 17.4 Å². The van der Waals surface area contributed by atoms with E-state index < -0.39 is 5.82 Å². The van der Waals surface area contributed by atoms with E-state index in [0.717, 1.165) is 11.2 Å². The van der Waals surface area contributed by atoms with E-state index in [1.54, 1.807) is 18.1 Å². The molecule has 20 heavy (non-hydrogen) atoms. The summed E-state index contributed by atoms with van der Waals surface area (Å²) in [5.74, 6) is 0.0507. The number of thiol groups is 1. The number of aromatic nitrogens is 2. The summed E-state index contributed by atoms with van der Waals surface area (Å²) >= 11 is 5.38. The van der Waals surface area contributed by atoms with Crippen molar-refractivity contribution >= 4 is 49.5 Å². The van der Waals surface area contributed by atoms with Crippen LogP contribution in [0.25, 0.3) is 10.6 Å². The van der Waals surface area contributed by atoms with E-state index in [2.05, 4.69) is 31.8 Å². The van der Waals surface area contributed by atoms with E-state index >= 15 is 0 Å². The lowest BCUT2D eigenvalue weighted by atomic mass is 10.3. The van der Waals surface area contributed by atoms with Crippen molar-refractivity contribution in [1.29, 1.82) is 0 Å². The second kappa shape index (κ2) is 6.61. The van der Waals surface area contributed by atoms with E-state index in [-0.39, 0.29) is 5.91 Å². The van der Waals surface area contributed by atoms with Crippen molar-refractivity contribution in [2.75, 3.05) is 17.7 Å². The first-order chi connectivity index (χ1) is 9.52. The van der Waals surface area contributed by atoms with Crippen LogP contribution in [0.4, 0.5) is 9.39 Å². The molecule has 2 heterocycles. The van der Waals surface area contributed by atoms with Gasteiger partial charge in [-0.2, -0.15) is 12.6 Å². The van der Waals surface area contributed by atoms with Crippen LogP contribution in [-0.2, 0) is 4.79 Å². The summed E-state index contributed by atoms with van der Waals surface area (Å²) in [6, 6.07) is 1.37. The van der Waals surface area contributed by atoms with Gasteiger partial charge in [-0.15, -0.1) is 0 Å². The first kappa shape index (κ1) is 15.4. The van der Waals surface area contributed by atoms with Crippen molar-refractivity contribution in [3.63, 3.8) is 0 Å². The second-order valence-corrected chi connectivity index (χ2v) is 6.00. The van der Waals surface area contributed by atoms with Gasteiger partial charge < -0.3 is 4.90 Å². The van der Waals surface area contributed by atoms with Crippen molar-refractivity contribution in [3.05, 3.63) is 24.3 Å². The number of halogens is 1. The van der Waals surface area contributed by atoms with Gasteiger partial charge in [-0.3, -0.25) is 9.78 Å². The normalized spacial score (nSPS) is 10.6. The molecule has 0 spiro atoms. The van der Waals surface area contributed by atoms with Gasteiger partial charge in [-0.25, -0.2) is 9.37 Å². The predicted molar refractivity (Wildman–Crippen MR) is 86.5 cm³/mol. The van der Waals surface area contributed by atoms with Crippen LogP contribution in [0.15, 0.2) is 18.5 Å². The van der Waals surface area contributed by atoms with Gasteiger partial charge in [0.2, 0.25) is 5.91 Å². The van der Waals surface area contributed by atoms with Gasteiger partial charge in [0.25, 0.3) is 0 Å². The standard InChI is InChI=1S/C12H13FN3OPS2/c1-16(9(17)2-3-19)12-10(18)15-11(20-12)7-4-8(13)6-14-5-7/h4-6,19H,2-3,18H2,1H3. The molecule has 0 aliphatic heterocycles. The number of thiazole rings is 1. The molecule has 1 atom stereocenters. The number of hydrogen-bond acceptors (Lipinski definition) is 5. The molecule has 2 rings (SSSR count). The first-order valence-electron chi connectivity index (χ1n) is 5.77. The summed E-state index contributed by atoms with van der Waals surface area (Å²) in [5, 5.41) is 1.35. The maximum atomic E-state index is 13.2. The summed E-state index contributed by atoms with van der Waals surface area (Å²) in [6.45, 7) is 0. The molecule has 0 aliphatic carbocycles. The fourth-order valence-corrected chi connectivity index (χ4v) is 3.32. The fourth-order valence-electron chi connectivity index (χ4n) is 1.59. The molecule has 2 aromatic rings. The van der Waals surface area contributed by atoms with Gasteiger partial charge in [-0.1, -0.05) is 20.6 Å². The Morgan fingerprint density at radius 1 is 1.55 bits per heavy atom. The topological polar surface area (TPSA) is 46.1 Å². The zero-order chi connectivity index (χ0) is 14.7. The summed E-state index contributed by atoms with van der Waals surface area (Å²) in [5.41, 5.74) is 1.25. The highest BCUT2D eigenvalue weighted by Gasteiger charge is 2.18. The molecule has 0 saturated carbocycles. The van der Waals surface area contributed by atoms with Crippen molar-refractivity contribution in [2.45, 2.75) is 6.42 Å². The third-order valence-electron chi connectivity index (χ3n) is 2.59. The minimum Gasteiger partial charge on any atom is -0.305 e. The van der Waals surface area contributed by atoms with Gasteiger partial charge in [0.1, 0.15) is 15.8 Å². The Kier molecular flexibility index (Phi) is 5.07. The molecule has 4 nitrogen and oxygen atoms in total. The summed E-state index contributed by atoms with van der Waals surface area (Å²) in [6.07, 6.45) is 3.05. The van der Waals surface area contributed by atoms with Crippen LogP contribution in [-0.4, -0.2) is 28.7 Å². The minimum atomic E-state index is -0.413. The number of rotatable bonds is 4. The number of pyridine rings is 1. The monoisotopic (exact) mass is 329 g/mol. The van der Waals surface area contributed by atoms with Crippen LogP contribution in [0.1, 0.15) is 6.42 Å². The van der Waals surface area contributed by atoms with Crippen molar-refractivity contribution < 1.29 is 9.18 Å². The predicted octanol–water partition coefficient (Wildman–Crippen LogP) is 2.13. The number of amides is 1. The van der Waals surface area contributed by atoms with Crippen molar-refractivity contribution in [2.24, 2.45) is 0 Å². The third-order valence-corrected chi connectivity index (χ3v) is 4.62. The quantitative estimate of drug-likeness (QED) is 0.690. The number of anilines is 1. The van der Waals surface area contributed by atoms with Gasteiger partial charge in [0, 0.05) is 25.2 Å². The van der Waals surface area contributed by atoms with Gasteiger partial charge in [0.05, 0.1) is 11.6 Å². The van der Waals surface area contributed by atoms with E-state index in [1.807, 2.05) is 0 Å². The molecule has 0 radical (unpaired) electrons. The summed E-state index contributed by atoms with van der Waals surface area (Å²) < 4.78 is 13.2. The smallest absolute Gasteiger partial charge is 0.228 e. The molecular formula is C12H13FN3OPS2. The molecule has 0 aliphatic rings. The van der Waals surface area contributed by atoms with E-state index in [0.29, 0.717) is 28.2 Å². The van der Waals surface area contributed by atoms with Gasteiger partial charge in [-0.05, 0) is 11.8 Å². The fraction of sp³-hybridized carbons (Fsp3) is 0.250. The average molecular weight is 329 g/mol. The molecule has 1 amide bonds. The molecule has 0 aromatic carbocycles.